The van der Waals surface area contributed by atoms with Gasteiger partial charge < -0.3 is 19.7 Å². The lowest BCUT2D eigenvalue weighted by Gasteiger charge is -2.21. The summed E-state index contributed by atoms with van der Waals surface area (Å²) in [6.45, 7) is 1.24. The highest BCUT2D eigenvalue weighted by Crippen LogP contribution is 2.27. The van der Waals surface area contributed by atoms with Crippen molar-refractivity contribution in [2.45, 2.75) is 12.5 Å². The lowest BCUT2D eigenvalue weighted by molar-refractivity contribution is -0.871. The van der Waals surface area contributed by atoms with Crippen molar-refractivity contribution in [3.63, 3.8) is 0 Å². The van der Waals surface area contributed by atoms with Crippen molar-refractivity contribution in [3.8, 4) is 11.5 Å². The molecule has 0 heterocycles. The highest BCUT2D eigenvalue weighted by atomic mass is 16.5. The second kappa shape index (κ2) is 11.2. The molecule has 0 spiro atoms. The van der Waals surface area contributed by atoms with Gasteiger partial charge in [0, 0.05) is 6.42 Å². The minimum Gasteiger partial charge on any atom is -0.493 e. The van der Waals surface area contributed by atoms with Gasteiger partial charge in [0.1, 0.15) is 0 Å². The van der Waals surface area contributed by atoms with E-state index >= 15 is 0 Å². The second-order valence-corrected chi connectivity index (χ2v) is 7.65. The minimum absolute atomic E-state index is 0.0301. The van der Waals surface area contributed by atoms with Crippen molar-refractivity contribution in [3.05, 3.63) is 95.6 Å². The van der Waals surface area contributed by atoms with Crippen LogP contribution in [0.1, 0.15) is 22.7 Å². The van der Waals surface area contributed by atoms with Gasteiger partial charge in [-0.25, -0.2) is 0 Å². The molecule has 0 bridgehead atoms. The van der Waals surface area contributed by atoms with E-state index in [-0.39, 0.29) is 11.9 Å². The number of carbonyl (C=O) groups excluding carboxylic acids is 1. The van der Waals surface area contributed by atoms with Gasteiger partial charge >= 0.3 is 0 Å². The van der Waals surface area contributed by atoms with Crippen molar-refractivity contribution in [2.75, 3.05) is 34.4 Å². The van der Waals surface area contributed by atoms with Crippen LogP contribution in [0.4, 0.5) is 0 Å². The second-order valence-electron chi connectivity index (χ2n) is 7.65. The fourth-order valence-corrected chi connectivity index (χ4v) is 3.62. The molecule has 0 radical (unpaired) electrons. The van der Waals surface area contributed by atoms with Gasteiger partial charge in [-0.3, -0.25) is 4.79 Å². The van der Waals surface area contributed by atoms with E-state index in [4.69, 9.17) is 9.47 Å². The van der Waals surface area contributed by atoms with E-state index in [0.29, 0.717) is 6.54 Å². The van der Waals surface area contributed by atoms with E-state index < -0.39 is 0 Å². The minimum atomic E-state index is -0.159. The molecule has 1 atom stereocenters. The van der Waals surface area contributed by atoms with Gasteiger partial charge in [0.15, 0.2) is 18.0 Å². The Labute approximate surface area is 184 Å². The first-order valence-electron chi connectivity index (χ1n) is 10.5. The van der Waals surface area contributed by atoms with E-state index in [0.717, 1.165) is 46.1 Å². The van der Waals surface area contributed by atoms with E-state index in [9.17, 15) is 4.79 Å². The monoisotopic (exact) mass is 419 g/mol. The Hall–Kier alpha value is -3.31. The summed E-state index contributed by atoms with van der Waals surface area (Å²) >= 11 is 0. The molecule has 0 aromatic heterocycles. The zero-order chi connectivity index (χ0) is 22.1. The summed E-state index contributed by atoms with van der Waals surface area (Å²) in [5.74, 6) is 1.48. The Morgan fingerprint density at radius 3 is 2.00 bits per heavy atom. The molecule has 31 heavy (non-hydrogen) atoms. The molecule has 5 heteroatoms. The summed E-state index contributed by atoms with van der Waals surface area (Å²) in [7, 11) is 5.31. The van der Waals surface area contributed by atoms with Gasteiger partial charge in [-0.1, -0.05) is 66.7 Å². The SMILES string of the molecule is COc1ccc(CC[NH+](C)CC(=O)NC(c2ccccc2)c2ccccc2)cc1OC. The van der Waals surface area contributed by atoms with Crippen molar-refractivity contribution >= 4 is 5.91 Å². The van der Waals surface area contributed by atoms with Crippen LogP contribution in [0, 0.1) is 0 Å². The molecular weight excluding hydrogens is 388 g/mol. The third-order valence-corrected chi connectivity index (χ3v) is 5.32. The fraction of sp³-hybridized carbons (Fsp3) is 0.269. The third-order valence-electron chi connectivity index (χ3n) is 5.32. The van der Waals surface area contributed by atoms with Crippen molar-refractivity contribution in [1.82, 2.24) is 5.32 Å². The molecule has 0 saturated carbocycles. The van der Waals surface area contributed by atoms with E-state index in [1.165, 1.54) is 0 Å². The number of amides is 1. The number of methoxy groups -OCH3 is 2. The summed E-state index contributed by atoms with van der Waals surface area (Å²) in [6, 6.07) is 25.9. The topological polar surface area (TPSA) is 52.0 Å². The Kier molecular flexibility index (Phi) is 8.07. The molecule has 1 amide bonds. The molecule has 162 valence electrons. The van der Waals surface area contributed by atoms with Gasteiger partial charge in [-0.2, -0.15) is 0 Å². The van der Waals surface area contributed by atoms with Crippen LogP contribution in [0.15, 0.2) is 78.9 Å². The summed E-state index contributed by atoms with van der Waals surface area (Å²) in [6.07, 6.45) is 0.847. The molecular formula is C26H31N2O3+. The number of likely N-dealkylation sites (N-methyl/N-ethyl adjacent to an activating group) is 1. The van der Waals surface area contributed by atoms with E-state index in [2.05, 4.69) is 5.32 Å². The summed E-state index contributed by atoms with van der Waals surface area (Å²) < 4.78 is 10.7. The zero-order valence-electron chi connectivity index (χ0n) is 18.4. The van der Waals surface area contributed by atoms with Crippen LogP contribution >= 0.6 is 0 Å². The van der Waals surface area contributed by atoms with Gasteiger partial charge in [-0.15, -0.1) is 0 Å². The summed E-state index contributed by atoms with van der Waals surface area (Å²) in [4.78, 5) is 14.0. The smallest absolute Gasteiger partial charge is 0.275 e. The van der Waals surface area contributed by atoms with Crippen molar-refractivity contribution in [1.29, 1.82) is 0 Å². The van der Waals surface area contributed by atoms with Crippen LogP contribution in [-0.2, 0) is 11.2 Å². The maximum absolute atomic E-state index is 12.8. The highest BCUT2D eigenvalue weighted by molar-refractivity contribution is 5.77. The predicted molar refractivity (Wildman–Crippen MR) is 123 cm³/mol. The van der Waals surface area contributed by atoms with Crippen molar-refractivity contribution in [2.24, 2.45) is 0 Å². The van der Waals surface area contributed by atoms with Crippen molar-refractivity contribution < 1.29 is 19.2 Å². The molecule has 1 unspecified atom stereocenters. The number of hydrogen-bond acceptors (Lipinski definition) is 3. The Morgan fingerprint density at radius 1 is 0.871 bits per heavy atom. The number of ether oxygens (including phenoxy) is 2. The molecule has 0 saturated heterocycles. The average Bonchev–Trinajstić information content (AvgIpc) is 2.82. The molecule has 5 nitrogen and oxygen atoms in total. The average molecular weight is 420 g/mol. The van der Waals surface area contributed by atoms with Gasteiger partial charge in [0.25, 0.3) is 5.91 Å². The lowest BCUT2D eigenvalue weighted by Crippen LogP contribution is -3.10. The van der Waals surface area contributed by atoms with E-state index in [1.54, 1.807) is 14.2 Å². The molecule has 0 aliphatic rings. The lowest BCUT2D eigenvalue weighted by atomic mass is 9.99. The number of quaternary nitrogens is 1. The molecule has 0 fully saturated rings. The zero-order valence-corrected chi connectivity index (χ0v) is 18.4. The number of hydrogen-bond donors (Lipinski definition) is 2. The van der Waals surface area contributed by atoms with Crippen LogP contribution in [-0.4, -0.2) is 40.3 Å². The fourth-order valence-electron chi connectivity index (χ4n) is 3.62. The molecule has 3 aromatic carbocycles. The maximum atomic E-state index is 12.8. The quantitative estimate of drug-likeness (QED) is 0.531. The third kappa shape index (κ3) is 6.33. The van der Waals surface area contributed by atoms with E-state index in [1.807, 2.05) is 85.9 Å². The molecule has 0 aliphatic carbocycles. The van der Waals surface area contributed by atoms with Gasteiger partial charge in [-0.05, 0) is 28.8 Å². The van der Waals surface area contributed by atoms with Crippen LogP contribution in [0.5, 0.6) is 11.5 Å². The summed E-state index contributed by atoms with van der Waals surface area (Å²) in [5, 5.41) is 3.22. The molecule has 3 aromatic rings. The standard InChI is InChI=1S/C26H30N2O3/c1-28(17-16-20-14-15-23(30-2)24(18-20)31-3)19-25(29)27-26(21-10-6-4-7-11-21)22-12-8-5-9-13-22/h4-15,18,26H,16-17,19H2,1-3H3,(H,27,29)/p+1. The first kappa shape index (κ1) is 22.4. The Morgan fingerprint density at radius 2 is 1.45 bits per heavy atom. The van der Waals surface area contributed by atoms with Crippen LogP contribution in [0.2, 0.25) is 0 Å². The highest BCUT2D eigenvalue weighted by Gasteiger charge is 2.19. The molecule has 0 aliphatic heterocycles. The maximum Gasteiger partial charge on any atom is 0.275 e. The number of carbonyl (C=O) groups is 1. The first-order chi connectivity index (χ1) is 15.1. The predicted octanol–water partition coefficient (Wildman–Crippen LogP) is 2.67. The van der Waals surface area contributed by atoms with Crippen LogP contribution in [0.3, 0.4) is 0 Å². The first-order valence-corrected chi connectivity index (χ1v) is 10.5. The number of benzene rings is 3. The largest absolute Gasteiger partial charge is 0.493 e. The normalized spacial score (nSPS) is 11.7. The Balaban J connectivity index is 1.59. The Bertz CT molecular complexity index is 921. The van der Waals surface area contributed by atoms with Gasteiger partial charge in [0.05, 0.1) is 33.9 Å². The molecule has 3 rings (SSSR count). The number of rotatable bonds is 10. The molecule has 2 N–H and O–H groups in total. The number of nitrogens with one attached hydrogen (secondary N) is 2. The van der Waals surface area contributed by atoms with Crippen LogP contribution < -0.4 is 19.7 Å². The van der Waals surface area contributed by atoms with Gasteiger partial charge in [0.2, 0.25) is 0 Å². The van der Waals surface area contributed by atoms with Crippen LogP contribution in [0.25, 0.3) is 0 Å². The summed E-state index contributed by atoms with van der Waals surface area (Å²) in [5.41, 5.74) is 3.30.